The van der Waals surface area contributed by atoms with E-state index in [0.717, 1.165) is 10.9 Å². The van der Waals surface area contributed by atoms with Gasteiger partial charge in [-0.2, -0.15) is 0 Å². The first-order chi connectivity index (χ1) is 15.6. The lowest BCUT2D eigenvalue weighted by Crippen LogP contribution is -2.29. The van der Waals surface area contributed by atoms with Crippen LogP contribution in [-0.2, 0) is 16.1 Å². The van der Waals surface area contributed by atoms with Crippen LogP contribution in [0.1, 0.15) is 44.4 Å². The van der Waals surface area contributed by atoms with Crippen LogP contribution >= 0.6 is 0 Å². The molecule has 3 rings (SSSR count). The highest BCUT2D eigenvalue weighted by Gasteiger charge is 2.21. The SMILES string of the molecule is CC(C)(C)OC(=O)n1ccc2cc(C(O)C(O)CCNC(=O)OCc3ccccc3)ccc21. The highest BCUT2D eigenvalue weighted by molar-refractivity contribution is 5.90. The fraction of sp³-hybridized carbons (Fsp3) is 0.360. The van der Waals surface area contributed by atoms with Crippen LogP contribution in [0.15, 0.2) is 60.8 Å². The summed E-state index contributed by atoms with van der Waals surface area (Å²) in [4.78, 5) is 24.2. The smallest absolute Gasteiger partial charge is 0.418 e. The van der Waals surface area contributed by atoms with Crippen LogP contribution in [-0.4, -0.2) is 45.2 Å². The lowest BCUT2D eigenvalue weighted by molar-refractivity contribution is 0.0137. The minimum atomic E-state index is -1.15. The number of benzene rings is 2. The average Bonchev–Trinajstić information content (AvgIpc) is 3.20. The Labute approximate surface area is 192 Å². The van der Waals surface area contributed by atoms with E-state index in [1.54, 1.807) is 51.2 Å². The molecule has 0 saturated heterocycles. The largest absolute Gasteiger partial charge is 0.445 e. The second-order valence-corrected chi connectivity index (χ2v) is 8.77. The topological polar surface area (TPSA) is 110 Å². The third-order valence-electron chi connectivity index (χ3n) is 4.93. The summed E-state index contributed by atoms with van der Waals surface area (Å²) in [6, 6.07) is 16.1. The maximum Gasteiger partial charge on any atom is 0.418 e. The van der Waals surface area contributed by atoms with Gasteiger partial charge < -0.3 is 25.0 Å². The van der Waals surface area contributed by atoms with Gasteiger partial charge in [-0.05, 0) is 56.5 Å². The van der Waals surface area contributed by atoms with Crippen molar-refractivity contribution in [3.05, 3.63) is 71.9 Å². The summed E-state index contributed by atoms with van der Waals surface area (Å²) < 4.78 is 11.9. The molecular weight excluding hydrogens is 424 g/mol. The Morgan fingerprint density at radius 2 is 1.79 bits per heavy atom. The molecule has 3 aromatic rings. The van der Waals surface area contributed by atoms with E-state index in [0.29, 0.717) is 11.1 Å². The second-order valence-electron chi connectivity index (χ2n) is 8.77. The molecule has 0 radical (unpaired) electrons. The molecular formula is C25H30N2O6. The van der Waals surface area contributed by atoms with Gasteiger partial charge in [0.2, 0.25) is 0 Å². The van der Waals surface area contributed by atoms with Gasteiger partial charge >= 0.3 is 12.2 Å². The van der Waals surface area contributed by atoms with Gasteiger partial charge in [0.05, 0.1) is 11.6 Å². The number of carbonyl (C=O) groups is 2. The van der Waals surface area contributed by atoms with Crippen molar-refractivity contribution in [2.75, 3.05) is 6.54 Å². The molecule has 0 spiro atoms. The lowest BCUT2D eigenvalue weighted by Gasteiger charge is -2.20. The van der Waals surface area contributed by atoms with Gasteiger partial charge in [0.25, 0.3) is 0 Å². The Morgan fingerprint density at radius 1 is 1.06 bits per heavy atom. The molecule has 0 fully saturated rings. The molecule has 0 aliphatic rings. The first-order valence-electron chi connectivity index (χ1n) is 10.8. The summed E-state index contributed by atoms with van der Waals surface area (Å²) in [7, 11) is 0. The van der Waals surface area contributed by atoms with Crippen LogP contribution in [0.4, 0.5) is 9.59 Å². The van der Waals surface area contributed by atoms with Crippen molar-refractivity contribution >= 4 is 23.1 Å². The monoisotopic (exact) mass is 454 g/mol. The van der Waals surface area contributed by atoms with Gasteiger partial charge in [0.15, 0.2) is 0 Å². The zero-order valence-electron chi connectivity index (χ0n) is 19.0. The van der Waals surface area contributed by atoms with E-state index in [1.165, 1.54) is 4.57 Å². The molecule has 2 aromatic carbocycles. The Morgan fingerprint density at radius 3 is 2.48 bits per heavy atom. The number of alkyl carbamates (subject to hydrolysis) is 1. The Kier molecular flexibility index (Phi) is 7.73. The van der Waals surface area contributed by atoms with E-state index in [9.17, 15) is 19.8 Å². The fourth-order valence-corrected chi connectivity index (χ4v) is 3.29. The number of ether oxygens (including phenoxy) is 2. The van der Waals surface area contributed by atoms with Gasteiger partial charge in [0, 0.05) is 18.1 Å². The van der Waals surface area contributed by atoms with Crippen molar-refractivity contribution in [3.63, 3.8) is 0 Å². The molecule has 0 aliphatic carbocycles. The first kappa shape index (κ1) is 24.3. The number of rotatable bonds is 7. The van der Waals surface area contributed by atoms with Crippen LogP contribution in [0.2, 0.25) is 0 Å². The molecule has 0 bridgehead atoms. The molecule has 1 aromatic heterocycles. The number of fused-ring (bicyclic) bond motifs is 1. The van der Waals surface area contributed by atoms with Crippen molar-refractivity contribution < 1.29 is 29.3 Å². The lowest BCUT2D eigenvalue weighted by atomic mass is 10.0. The molecule has 2 unspecified atom stereocenters. The molecule has 8 heteroatoms. The van der Waals surface area contributed by atoms with Gasteiger partial charge in [-0.15, -0.1) is 0 Å². The van der Waals surface area contributed by atoms with Crippen LogP contribution in [0, 0.1) is 0 Å². The van der Waals surface area contributed by atoms with Crippen molar-refractivity contribution in [1.82, 2.24) is 9.88 Å². The van der Waals surface area contributed by atoms with Crippen LogP contribution in [0.25, 0.3) is 10.9 Å². The summed E-state index contributed by atoms with van der Waals surface area (Å²) >= 11 is 0. The van der Waals surface area contributed by atoms with Crippen molar-refractivity contribution in [2.45, 2.75) is 51.6 Å². The van der Waals surface area contributed by atoms with Crippen LogP contribution < -0.4 is 5.32 Å². The number of nitrogens with one attached hydrogen (secondary N) is 1. The summed E-state index contributed by atoms with van der Waals surface area (Å²) in [5.74, 6) is 0. The first-order valence-corrected chi connectivity index (χ1v) is 10.8. The van der Waals surface area contributed by atoms with E-state index in [-0.39, 0.29) is 19.6 Å². The highest BCUT2D eigenvalue weighted by atomic mass is 16.6. The van der Waals surface area contributed by atoms with Crippen LogP contribution in [0.5, 0.6) is 0 Å². The third-order valence-corrected chi connectivity index (χ3v) is 4.93. The number of nitrogens with zero attached hydrogens (tertiary/aromatic N) is 1. The van der Waals surface area contributed by atoms with Gasteiger partial charge in [0.1, 0.15) is 18.3 Å². The van der Waals surface area contributed by atoms with E-state index >= 15 is 0 Å². The zero-order valence-corrected chi connectivity index (χ0v) is 19.0. The second kappa shape index (κ2) is 10.5. The molecule has 0 saturated carbocycles. The van der Waals surface area contributed by atoms with E-state index in [4.69, 9.17) is 9.47 Å². The molecule has 2 atom stereocenters. The predicted molar refractivity (Wildman–Crippen MR) is 124 cm³/mol. The molecule has 33 heavy (non-hydrogen) atoms. The predicted octanol–water partition coefficient (Wildman–Crippen LogP) is 4.14. The quantitative estimate of drug-likeness (QED) is 0.495. The normalized spacial score (nSPS) is 13.4. The Bertz CT molecular complexity index is 1090. The summed E-state index contributed by atoms with van der Waals surface area (Å²) in [6.07, 6.45) is -1.58. The molecule has 0 aliphatic heterocycles. The minimum absolute atomic E-state index is 0.137. The number of aliphatic hydroxyl groups is 2. The third kappa shape index (κ3) is 6.81. The Hall–Kier alpha value is -3.36. The standard InChI is InChI=1S/C25H30N2O6/c1-25(2,3)33-24(31)27-14-12-18-15-19(9-10-20(18)27)22(29)21(28)11-13-26-23(30)32-16-17-7-5-4-6-8-17/h4-10,12,14-15,21-22,28-29H,11,13,16H2,1-3H3,(H,26,30). The van der Waals surface area contributed by atoms with Gasteiger partial charge in [-0.1, -0.05) is 36.4 Å². The zero-order chi connectivity index (χ0) is 24.0. The van der Waals surface area contributed by atoms with Gasteiger partial charge in [-0.25, -0.2) is 9.59 Å². The number of aromatic nitrogens is 1. The fourth-order valence-electron chi connectivity index (χ4n) is 3.29. The maximum atomic E-state index is 12.4. The van der Waals surface area contributed by atoms with E-state index in [2.05, 4.69) is 5.32 Å². The van der Waals surface area contributed by atoms with E-state index < -0.39 is 30.0 Å². The summed E-state index contributed by atoms with van der Waals surface area (Å²) in [5.41, 5.74) is 1.40. The number of hydrogen-bond donors (Lipinski definition) is 3. The molecule has 8 nitrogen and oxygen atoms in total. The minimum Gasteiger partial charge on any atom is -0.445 e. The van der Waals surface area contributed by atoms with Crippen LogP contribution in [0.3, 0.4) is 0 Å². The summed E-state index contributed by atoms with van der Waals surface area (Å²) in [5, 5.41) is 24.2. The molecule has 1 amide bonds. The number of amides is 1. The molecule has 176 valence electrons. The molecule has 3 N–H and O–H groups in total. The number of carbonyl (C=O) groups excluding carboxylic acids is 2. The Balaban J connectivity index is 1.52. The number of hydrogen-bond acceptors (Lipinski definition) is 6. The molecule has 1 heterocycles. The average molecular weight is 455 g/mol. The summed E-state index contributed by atoms with van der Waals surface area (Å²) in [6.45, 7) is 5.68. The van der Waals surface area contributed by atoms with E-state index in [1.807, 2.05) is 30.3 Å². The highest BCUT2D eigenvalue weighted by Crippen LogP contribution is 2.25. The van der Waals surface area contributed by atoms with Gasteiger partial charge in [-0.3, -0.25) is 4.57 Å². The van der Waals surface area contributed by atoms with Crippen molar-refractivity contribution in [2.24, 2.45) is 0 Å². The maximum absolute atomic E-state index is 12.4. The number of aliphatic hydroxyl groups excluding tert-OH is 2. The van der Waals surface area contributed by atoms with Crippen molar-refractivity contribution in [1.29, 1.82) is 0 Å². The van der Waals surface area contributed by atoms with Crippen molar-refractivity contribution in [3.8, 4) is 0 Å².